The number of ether oxygens (including phenoxy) is 2. The number of halogens is 1. The smallest absolute Gasteiger partial charge is 0.231 e. The Labute approximate surface area is 132 Å². The molecule has 0 unspecified atom stereocenters. The first-order chi connectivity index (χ1) is 10.7. The van der Waals surface area contributed by atoms with Crippen LogP contribution in [0.2, 0.25) is 5.02 Å². The van der Waals surface area contributed by atoms with Gasteiger partial charge >= 0.3 is 0 Å². The van der Waals surface area contributed by atoms with E-state index in [2.05, 4.69) is 10.1 Å². The highest BCUT2D eigenvalue weighted by molar-refractivity contribution is 6.31. The van der Waals surface area contributed by atoms with Crippen molar-refractivity contribution in [1.29, 1.82) is 0 Å². The van der Waals surface area contributed by atoms with Crippen molar-refractivity contribution in [3.8, 4) is 28.6 Å². The molecule has 1 aliphatic rings. The molecule has 110 valence electrons. The molecule has 22 heavy (non-hydrogen) atoms. The third kappa shape index (κ3) is 2.10. The van der Waals surface area contributed by atoms with Gasteiger partial charge in [0.25, 0.3) is 0 Å². The molecule has 1 aliphatic heterocycles. The van der Waals surface area contributed by atoms with Gasteiger partial charge < -0.3 is 9.47 Å². The Balaban J connectivity index is 1.81. The molecular formula is C16H12ClN3O2. The fourth-order valence-electron chi connectivity index (χ4n) is 2.38. The molecule has 0 saturated heterocycles. The molecule has 0 N–H and O–H groups in total. The Morgan fingerprint density at radius 2 is 1.95 bits per heavy atom. The van der Waals surface area contributed by atoms with Gasteiger partial charge in [-0.25, -0.2) is 9.67 Å². The van der Waals surface area contributed by atoms with Crippen molar-refractivity contribution < 1.29 is 9.47 Å². The van der Waals surface area contributed by atoms with Gasteiger partial charge in [-0.05, 0) is 42.8 Å². The summed E-state index contributed by atoms with van der Waals surface area (Å²) in [6.07, 6.45) is 1.52. The largest absolute Gasteiger partial charge is 0.454 e. The van der Waals surface area contributed by atoms with Crippen molar-refractivity contribution in [2.45, 2.75) is 6.92 Å². The van der Waals surface area contributed by atoms with E-state index in [1.165, 1.54) is 6.33 Å². The van der Waals surface area contributed by atoms with Gasteiger partial charge in [0.05, 0.1) is 5.69 Å². The summed E-state index contributed by atoms with van der Waals surface area (Å²) in [5.74, 6) is 2.18. The quantitative estimate of drug-likeness (QED) is 0.725. The summed E-state index contributed by atoms with van der Waals surface area (Å²) in [6, 6.07) is 11.5. The minimum atomic E-state index is 0.249. The van der Waals surface area contributed by atoms with Crippen LogP contribution in [0.3, 0.4) is 0 Å². The molecule has 2 aromatic carbocycles. The van der Waals surface area contributed by atoms with Crippen molar-refractivity contribution in [3.05, 3.63) is 53.3 Å². The normalized spacial score (nSPS) is 12.6. The van der Waals surface area contributed by atoms with Gasteiger partial charge in [-0.2, -0.15) is 5.10 Å². The summed E-state index contributed by atoms with van der Waals surface area (Å²) >= 11 is 6.21. The fraction of sp³-hybridized carbons (Fsp3) is 0.125. The van der Waals surface area contributed by atoms with Crippen LogP contribution in [-0.4, -0.2) is 21.6 Å². The molecule has 0 atom stereocenters. The van der Waals surface area contributed by atoms with Crippen LogP contribution in [0.5, 0.6) is 11.5 Å². The Morgan fingerprint density at radius 3 is 2.82 bits per heavy atom. The van der Waals surface area contributed by atoms with E-state index in [0.717, 1.165) is 28.4 Å². The van der Waals surface area contributed by atoms with Crippen molar-refractivity contribution >= 4 is 11.6 Å². The number of aryl methyl sites for hydroxylation is 1. The second-order valence-electron chi connectivity index (χ2n) is 5.00. The molecule has 1 aromatic heterocycles. The van der Waals surface area contributed by atoms with Gasteiger partial charge in [0.2, 0.25) is 6.79 Å². The Bertz CT molecular complexity index is 860. The number of hydrogen-bond donors (Lipinski definition) is 0. The van der Waals surface area contributed by atoms with Crippen LogP contribution >= 0.6 is 11.6 Å². The Hall–Kier alpha value is -2.53. The van der Waals surface area contributed by atoms with E-state index in [0.29, 0.717) is 10.8 Å². The summed E-state index contributed by atoms with van der Waals surface area (Å²) in [5.41, 5.74) is 2.79. The summed E-state index contributed by atoms with van der Waals surface area (Å²) in [5, 5.41) is 5.00. The number of fused-ring (bicyclic) bond motifs is 1. The predicted octanol–water partition coefficient (Wildman–Crippen LogP) is 3.62. The number of nitrogens with zero attached hydrogens (tertiary/aromatic N) is 3. The van der Waals surface area contributed by atoms with E-state index >= 15 is 0 Å². The molecule has 0 fully saturated rings. The van der Waals surface area contributed by atoms with E-state index in [1.807, 2.05) is 43.3 Å². The lowest BCUT2D eigenvalue weighted by Gasteiger charge is -2.08. The molecule has 2 heterocycles. The van der Waals surface area contributed by atoms with Crippen LogP contribution in [-0.2, 0) is 0 Å². The first-order valence-corrected chi connectivity index (χ1v) is 7.17. The summed E-state index contributed by atoms with van der Waals surface area (Å²) in [6.45, 7) is 2.21. The first kappa shape index (κ1) is 13.2. The molecule has 0 amide bonds. The van der Waals surface area contributed by atoms with Gasteiger partial charge in [0, 0.05) is 10.6 Å². The number of benzene rings is 2. The van der Waals surface area contributed by atoms with Crippen LogP contribution in [0, 0.1) is 6.92 Å². The standard InChI is InChI=1S/C16H12ClN3O2/c1-10-2-4-12(7-13(10)17)20-16(18-8-19-20)11-3-5-14-15(6-11)22-9-21-14/h2-8H,9H2,1H3. The number of hydrogen-bond acceptors (Lipinski definition) is 4. The zero-order valence-electron chi connectivity index (χ0n) is 11.8. The van der Waals surface area contributed by atoms with Crippen LogP contribution < -0.4 is 9.47 Å². The second-order valence-corrected chi connectivity index (χ2v) is 5.40. The lowest BCUT2D eigenvalue weighted by atomic mass is 10.1. The van der Waals surface area contributed by atoms with Gasteiger partial charge in [-0.15, -0.1) is 0 Å². The SMILES string of the molecule is Cc1ccc(-n2ncnc2-c2ccc3c(c2)OCO3)cc1Cl. The zero-order valence-corrected chi connectivity index (χ0v) is 12.5. The average molecular weight is 314 g/mol. The molecule has 0 spiro atoms. The van der Waals surface area contributed by atoms with Crippen molar-refractivity contribution in [2.24, 2.45) is 0 Å². The second kappa shape index (κ2) is 5.03. The maximum absolute atomic E-state index is 6.21. The van der Waals surface area contributed by atoms with Crippen LogP contribution in [0.1, 0.15) is 5.56 Å². The highest BCUT2D eigenvalue weighted by Gasteiger charge is 2.17. The van der Waals surface area contributed by atoms with Crippen LogP contribution in [0.15, 0.2) is 42.7 Å². The van der Waals surface area contributed by atoms with E-state index in [4.69, 9.17) is 21.1 Å². The fourth-order valence-corrected chi connectivity index (χ4v) is 2.55. The average Bonchev–Trinajstić information content (AvgIpc) is 3.17. The molecule has 6 heteroatoms. The molecule has 0 saturated carbocycles. The summed E-state index contributed by atoms with van der Waals surface area (Å²) in [7, 11) is 0. The van der Waals surface area contributed by atoms with E-state index in [9.17, 15) is 0 Å². The van der Waals surface area contributed by atoms with Crippen LogP contribution in [0.25, 0.3) is 17.1 Å². The lowest BCUT2D eigenvalue weighted by molar-refractivity contribution is 0.174. The van der Waals surface area contributed by atoms with Crippen molar-refractivity contribution in [2.75, 3.05) is 6.79 Å². The molecule has 4 rings (SSSR count). The summed E-state index contributed by atoms with van der Waals surface area (Å²) in [4.78, 5) is 4.35. The predicted molar refractivity (Wildman–Crippen MR) is 82.7 cm³/mol. The highest BCUT2D eigenvalue weighted by Crippen LogP contribution is 2.35. The van der Waals surface area contributed by atoms with Gasteiger partial charge in [-0.3, -0.25) is 0 Å². The van der Waals surface area contributed by atoms with Gasteiger partial charge in [0.1, 0.15) is 6.33 Å². The first-order valence-electron chi connectivity index (χ1n) is 6.79. The molecule has 3 aromatic rings. The zero-order chi connectivity index (χ0) is 15.1. The van der Waals surface area contributed by atoms with E-state index < -0.39 is 0 Å². The molecule has 0 aliphatic carbocycles. The minimum absolute atomic E-state index is 0.249. The third-order valence-corrected chi connectivity index (χ3v) is 3.99. The third-order valence-electron chi connectivity index (χ3n) is 3.58. The van der Waals surface area contributed by atoms with Gasteiger partial charge in [0.15, 0.2) is 17.3 Å². The number of rotatable bonds is 2. The Morgan fingerprint density at radius 1 is 1.09 bits per heavy atom. The van der Waals surface area contributed by atoms with Crippen molar-refractivity contribution in [1.82, 2.24) is 14.8 Å². The van der Waals surface area contributed by atoms with E-state index in [-0.39, 0.29) is 6.79 Å². The Kier molecular flexibility index (Phi) is 3.01. The summed E-state index contributed by atoms with van der Waals surface area (Å²) < 4.78 is 12.5. The maximum Gasteiger partial charge on any atom is 0.231 e. The molecule has 0 bridgehead atoms. The monoisotopic (exact) mass is 313 g/mol. The number of aromatic nitrogens is 3. The molecular weight excluding hydrogens is 302 g/mol. The van der Waals surface area contributed by atoms with E-state index in [1.54, 1.807) is 4.68 Å². The molecule has 0 radical (unpaired) electrons. The highest BCUT2D eigenvalue weighted by atomic mass is 35.5. The maximum atomic E-state index is 6.21. The lowest BCUT2D eigenvalue weighted by Crippen LogP contribution is -2.00. The molecule has 5 nitrogen and oxygen atoms in total. The van der Waals surface area contributed by atoms with Gasteiger partial charge in [-0.1, -0.05) is 17.7 Å². The minimum Gasteiger partial charge on any atom is -0.454 e. The topological polar surface area (TPSA) is 49.2 Å². The van der Waals surface area contributed by atoms with Crippen molar-refractivity contribution in [3.63, 3.8) is 0 Å². The van der Waals surface area contributed by atoms with Crippen LogP contribution in [0.4, 0.5) is 0 Å².